The van der Waals surface area contributed by atoms with Crippen LogP contribution in [-0.2, 0) is 4.74 Å². The molecule has 0 aliphatic heterocycles. The molecule has 3 rings (SSSR count). The van der Waals surface area contributed by atoms with Crippen LogP contribution in [0.25, 0.3) is 10.9 Å². The Hall–Kier alpha value is -3.08. The minimum Gasteiger partial charge on any atom is -0.465 e. The molecule has 2 N–H and O–H groups in total. The third kappa shape index (κ3) is 2.76. The van der Waals surface area contributed by atoms with Crippen LogP contribution in [0, 0.1) is 13.8 Å². The van der Waals surface area contributed by atoms with Crippen LogP contribution in [0.2, 0.25) is 0 Å². The Morgan fingerprint density at radius 3 is 2.58 bits per heavy atom. The predicted molar refractivity (Wildman–Crippen MR) is 93.5 cm³/mol. The van der Waals surface area contributed by atoms with Crippen LogP contribution >= 0.6 is 0 Å². The number of esters is 1. The Labute approximate surface area is 139 Å². The average molecular weight is 322 g/mol. The molecule has 0 saturated carbocycles. The van der Waals surface area contributed by atoms with E-state index in [1.54, 1.807) is 24.3 Å². The molecule has 5 nitrogen and oxygen atoms in total. The Bertz CT molecular complexity index is 941. The smallest absolute Gasteiger partial charge is 0.337 e. The molecule has 0 spiro atoms. The van der Waals surface area contributed by atoms with Crippen LogP contribution < -0.4 is 5.32 Å². The number of H-pyrrole nitrogens is 1. The average Bonchev–Trinajstić information content (AvgIpc) is 2.91. The molecule has 0 bridgehead atoms. The summed E-state index contributed by atoms with van der Waals surface area (Å²) in [4.78, 5) is 27.6. The molecule has 2 aromatic carbocycles. The van der Waals surface area contributed by atoms with Crippen molar-refractivity contribution in [3.05, 3.63) is 64.8 Å². The van der Waals surface area contributed by atoms with Crippen molar-refractivity contribution >= 4 is 28.5 Å². The van der Waals surface area contributed by atoms with E-state index in [2.05, 4.69) is 10.3 Å². The van der Waals surface area contributed by atoms with E-state index in [-0.39, 0.29) is 5.91 Å². The molecule has 3 aromatic rings. The second-order valence-corrected chi connectivity index (χ2v) is 5.65. The summed E-state index contributed by atoms with van der Waals surface area (Å²) in [6.45, 7) is 3.85. The van der Waals surface area contributed by atoms with Crippen LogP contribution in [0.4, 0.5) is 5.69 Å². The summed E-state index contributed by atoms with van der Waals surface area (Å²) in [5.41, 5.74) is 4.33. The van der Waals surface area contributed by atoms with Crippen molar-refractivity contribution in [3.8, 4) is 0 Å². The molecule has 5 heteroatoms. The fourth-order valence-electron chi connectivity index (χ4n) is 2.87. The number of benzene rings is 2. The van der Waals surface area contributed by atoms with Crippen molar-refractivity contribution in [1.29, 1.82) is 0 Å². The van der Waals surface area contributed by atoms with E-state index in [9.17, 15) is 9.59 Å². The second kappa shape index (κ2) is 6.20. The fraction of sp³-hybridized carbons (Fsp3) is 0.158. The molecule has 0 aliphatic rings. The zero-order valence-corrected chi connectivity index (χ0v) is 13.8. The van der Waals surface area contributed by atoms with E-state index in [0.29, 0.717) is 16.8 Å². The maximum atomic E-state index is 12.8. The molecular formula is C19H18N2O3. The Morgan fingerprint density at radius 1 is 1.08 bits per heavy atom. The lowest BCUT2D eigenvalue weighted by Gasteiger charge is -2.08. The summed E-state index contributed by atoms with van der Waals surface area (Å²) >= 11 is 0. The van der Waals surface area contributed by atoms with Gasteiger partial charge in [-0.25, -0.2) is 4.79 Å². The number of aromatic nitrogens is 1. The van der Waals surface area contributed by atoms with Gasteiger partial charge in [-0.05, 0) is 43.7 Å². The SMILES string of the molecule is COC(=O)c1cccc(NC(=O)c2c(C)[nH]c3cccc(C)c23)c1. The van der Waals surface area contributed by atoms with Gasteiger partial charge in [0.25, 0.3) is 5.91 Å². The summed E-state index contributed by atoms with van der Waals surface area (Å²) in [6, 6.07) is 12.6. The Morgan fingerprint density at radius 2 is 1.83 bits per heavy atom. The van der Waals surface area contributed by atoms with Crippen LogP contribution in [0.15, 0.2) is 42.5 Å². The van der Waals surface area contributed by atoms with Gasteiger partial charge in [0.15, 0.2) is 0 Å². The molecule has 0 saturated heterocycles. The maximum Gasteiger partial charge on any atom is 0.337 e. The zero-order chi connectivity index (χ0) is 17.3. The summed E-state index contributed by atoms with van der Waals surface area (Å²) < 4.78 is 4.70. The normalized spacial score (nSPS) is 10.6. The lowest BCUT2D eigenvalue weighted by Crippen LogP contribution is -2.13. The first kappa shape index (κ1) is 15.8. The van der Waals surface area contributed by atoms with Crippen molar-refractivity contribution in [1.82, 2.24) is 4.98 Å². The fourth-order valence-corrected chi connectivity index (χ4v) is 2.87. The molecule has 0 unspecified atom stereocenters. The maximum absolute atomic E-state index is 12.8. The topological polar surface area (TPSA) is 71.2 Å². The quantitative estimate of drug-likeness (QED) is 0.720. The Balaban J connectivity index is 1.97. The van der Waals surface area contributed by atoms with Crippen LogP contribution in [-0.4, -0.2) is 24.0 Å². The summed E-state index contributed by atoms with van der Waals surface area (Å²) in [7, 11) is 1.33. The molecule has 1 amide bonds. The number of rotatable bonds is 3. The van der Waals surface area contributed by atoms with Gasteiger partial charge in [0.1, 0.15) is 0 Å². The second-order valence-electron chi connectivity index (χ2n) is 5.65. The minimum atomic E-state index is -0.440. The van der Waals surface area contributed by atoms with Gasteiger partial charge < -0.3 is 15.0 Å². The molecule has 1 aromatic heterocycles. The van der Waals surface area contributed by atoms with Gasteiger partial charge in [-0.15, -0.1) is 0 Å². The molecule has 122 valence electrons. The number of hydrogen-bond acceptors (Lipinski definition) is 3. The van der Waals surface area contributed by atoms with Crippen molar-refractivity contribution in [3.63, 3.8) is 0 Å². The third-order valence-electron chi connectivity index (χ3n) is 3.99. The molecule has 0 aliphatic carbocycles. The van der Waals surface area contributed by atoms with Crippen molar-refractivity contribution in [2.24, 2.45) is 0 Å². The minimum absolute atomic E-state index is 0.213. The summed E-state index contributed by atoms with van der Waals surface area (Å²) in [5.74, 6) is -0.653. The van der Waals surface area contributed by atoms with Gasteiger partial charge in [-0.1, -0.05) is 18.2 Å². The van der Waals surface area contributed by atoms with E-state index in [0.717, 1.165) is 22.2 Å². The molecule has 0 radical (unpaired) electrons. The van der Waals surface area contributed by atoms with E-state index in [1.807, 2.05) is 32.0 Å². The van der Waals surface area contributed by atoms with E-state index in [1.165, 1.54) is 7.11 Å². The number of carbonyl (C=O) groups is 2. The first-order valence-electron chi connectivity index (χ1n) is 7.59. The number of methoxy groups -OCH3 is 1. The van der Waals surface area contributed by atoms with Crippen LogP contribution in [0.1, 0.15) is 32.0 Å². The summed E-state index contributed by atoms with van der Waals surface area (Å²) in [6.07, 6.45) is 0. The molecule has 0 atom stereocenters. The molecule has 0 fully saturated rings. The standard InChI is InChI=1S/C19H18N2O3/c1-11-6-4-9-15-16(11)17(12(2)20-15)18(22)21-14-8-5-7-13(10-14)19(23)24-3/h4-10,20H,1-3H3,(H,21,22). The number of fused-ring (bicyclic) bond motifs is 1. The van der Waals surface area contributed by atoms with Crippen LogP contribution in [0.5, 0.6) is 0 Å². The first-order valence-corrected chi connectivity index (χ1v) is 7.59. The third-order valence-corrected chi connectivity index (χ3v) is 3.99. The highest BCUT2D eigenvalue weighted by Gasteiger charge is 2.18. The van der Waals surface area contributed by atoms with Gasteiger partial charge in [-0.2, -0.15) is 0 Å². The largest absolute Gasteiger partial charge is 0.465 e. The number of carbonyl (C=O) groups excluding carboxylic acids is 2. The van der Waals surface area contributed by atoms with Crippen molar-refractivity contribution < 1.29 is 14.3 Å². The first-order chi connectivity index (χ1) is 11.5. The van der Waals surface area contributed by atoms with Gasteiger partial charge >= 0.3 is 5.97 Å². The zero-order valence-electron chi connectivity index (χ0n) is 13.8. The number of aryl methyl sites for hydroxylation is 2. The highest BCUT2D eigenvalue weighted by atomic mass is 16.5. The van der Waals surface area contributed by atoms with E-state index in [4.69, 9.17) is 4.74 Å². The molecular weight excluding hydrogens is 304 g/mol. The van der Waals surface area contributed by atoms with Gasteiger partial charge in [0, 0.05) is 22.3 Å². The number of anilines is 1. The lowest BCUT2D eigenvalue weighted by molar-refractivity contribution is 0.0600. The van der Waals surface area contributed by atoms with Gasteiger partial charge in [0.05, 0.1) is 18.2 Å². The molecule has 1 heterocycles. The lowest BCUT2D eigenvalue weighted by atomic mass is 10.1. The number of amides is 1. The summed E-state index contributed by atoms with van der Waals surface area (Å²) in [5, 5.41) is 3.77. The highest BCUT2D eigenvalue weighted by Crippen LogP contribution is 2.26. The molecule has 24 heavy (non-hydrogen) atoms. The number of ether oxygens (including phenoxy) is 1. The van der Waals surface area contributed by atoms with Crippen molar-refractivity contribution in [2.45, 2.75) is 13.8 Å². The Kier molecular flexibility index (Phi) is 4.08. The van der Waals surface area contributed by atoms with E-state index >= 15 is 0 Å². The van der Waals surface area contributed by atoms with Gasteiger partial charge in [0.2, 0.25) is 0 Å². The van der Waals surface area contributed by atoms with Gasteiger partial charge in [-0.3, -0.25) is 4.79 Å². The number of nitrogens with one attached hydrogen (secondary N) is 2. The van der Waals surface area contributed by atoms with Crippen molar-refractivity contribution in [2.75, 3.05) is 12.4 Å². The number of aromatic amines is 1. The predicted octanol–water partition coefficient (Wildman–Crippen LogP) is 3.82. The number of hydrogen-bond donors (Lipinski definition) is 2. The monoisotopic (exact) mass is 322 g/mol. The highest BCUT2D eigenvalue weighted by molar-refractivity contribution is 6.14. The van der Waals surface area contributed by atoms with E-state index < -0.39 is 5.97 Å². The van der Waals surface area contributed by atoms with Crippen LogP contribution in [0.3, 0.4) is 0 Å².